The van der Waals surface area contributed by atoms with E-state index in [1.807, 2.05) is 7.05 Å². The minimum absolute atomic E-state index is 0.674. The lowest BCUT2D eigenvalue weighted by Gasteiger charge is -2.37. The van der Waals surface area contributed by atoms with Crippen LogP contribution in [-0.2, 0) is 6.54 Å². The van der Waals surface area contributed by atoms with Crippen molar-refractivity contribution in [1.29, 1.82) is 0 Å². The molecule has 1 aliphatic rings. The third-order valence-electron chi connectivity index (χ3n) is 3.87. The Morgan fingerprint density at radius 2 is 1.95 bits per heavy atom. The maximum absolute atomic E-state index is 4.76. The van der Waals surface area contributed by atoms with Gasteiger partial charge in [0.25, 0.3) is 0 Å². The van der Waals surface area contributed by atoms with Crippen LogP contribution in [0.15, 0.2) is 30.3 Å². The van der Waals surface area contributed by atoms with E-state index in [2.05, 4.69) is 66.2 Å². The second-order valence-corrected chi connectivity index (χ2v) is 7.72. The first-order valence-electron chi connectivity index (χ1n) is 7.61. The zero-order valence-electron chi connectivity index (χ0n) is 13.0. The molecule has 21 heavy (non-hydrogen) atoms. The van der Waals surface area contributed by atoms with E-state index in [4.69, 9.17) is 4.98 Å². The lowest BCUT2D eigenvalue weighted by atomic mass is 10.1. The summed E-state index contributed by atoms with van der Waals surface area (Å²) in [6.07, 6.45) is 0. The number of para-hydroxylation sites is 1. The van der Waals surface area contributed by atoms with E-state index in [0.717, 1.165) is 30.8 Å². The van der Waals surface area contributed by atoms with Crippen molar-refractivity contribution in [3.8, 4) is 0 Å². The van der Waals surface area contributed by atoms with E-state index >= 15 is 0 Å². The highest BCUT2D eigenvalue weighted by atomic mass is 32.2. The average Bonchev–Trinajstić information content (AvgIpc) is 2.46. The molecule has 0 radical (unpaired) electrons. The standard InChI is InChI=1S/C17H23N3S/c1-12-10-20(11-13(2)21-12)17-8-14(9-18-3)19-16-7-5-4-6-15(16)17/h4-8,12-13,18H,9-11H2,1-3H3. The molecule has 3 rings (SSSR count). The molecule has 1 N–H and O–H groups in total. The van der Waals surface area contributed by atoms with Crippen LogP contribution in [0.5, 0.6) is 0 Å². The van der Waals surface area contributed by atoms with Crippen molar-refractivity contribution in [2.75, 3.05) is 25.0 Å². The minimum Gasteiger partial charge on any atom is -0.369 e. The second-order valence-electron chi connectivity index (χ2n) is 5.84. The number of nitrogens with zero attached hydrogens (tertiary/aromatic N) is 2. The average molecular weight is 301 g/mol. The Hall–Kier alpha value is -1.26. The molecule has 1 aliphatic heterocycles. The summed E-state index contributed by atoms with van der Waals surface area (Å²) in [5.41, 5.74) is 3.55. The van der Waals surface area contributed by atoms with E-state index < -0.39 is 0 Å². The molecular formula is C17H23N3S. The van der Waals surface area contributed by atoms with Crippen molar-refractivity contribution in [2.45, 2.75) is 30.9 Å². The van der Waals surface area contributed by atoms with Gasteiger partial charge in [-0.3, -0.25) is 4.98 Å². The van der Waals surface area contributed by atoms with Gasteiger partial charge in [0.15, 0.2) is 0 Å². The Kier molecular flexibility index (Phi) is 4.36. The normalized spacial score (nSPS) is 22.7. The van der Waals surface area contributed by atoms with Gasteiger partial charge in [-0.1, -0.05) is 32.0 Å². The van der Waals surface area contributed by atoms with Crippen LogP contribution in [0.25, 0.3) is 10.9 Å². The number of hydrogen-bond donors (Lipinski definition) is 1. The maximum atomic E-state index is 4.76. The Balaban J connectivity index is 2.06. The fourth-order valence-corrected chi connectivity index (χ4v) is 4.44. The van der Waals surface area contributed by atoms with Crippen LogP contribution in [-0.4, -0.2) is 35.6 Å². The monoisotopic (exact) mass is 301 g/mol. The minimum atomic E-state index is 0.674. The van der Waals surface area contributed by atoms with Gasteiger partial charge in [-0.05, 0) is 19.2 Å². The smallest absolute Gasteiger partial charge is 0.0726 e. The zero-order chi connectivity index (χ0) is 14.8. The molecule has 2 heterocycles. The third kappa shape index (κ3) is 3.16. The van der Waals surface area contributed by atoms with E-state index in [1.165, 1.54) is 11.1 Å². The van der Waals surface area contributed by atoms with Gasteiger partial charge in [-0.15, -0.1) is 0 Å². The van der Waals surface area contributed by atoms with E-state index in [1.54, 1.807) is 0 Å². The number of pyridine rings is 1. The number of rotatable bonds is 3. The molecule has 2 atom stereocenters. The summed E-state index contributed by atoms with van der Waals surface area (Å²) in [7, 11) is 1.97. The van der Waals surface area contributed by atoms with Gasteiger partial charge in [0, 0.05) is 41.2 Å². The van der Waals surface area contributed by atoms with Crippen molar-refractivity contribution in [2.24, 2.45) is 0 Å². The van der Waals surface area contributed by atoms with Crippen molar-refractivity contribution < 1.29 is 0 Å². The molecule has 0 amide bonds. The van der Waals surface area contributed by atoms with Gasteiger partial charge in [0.1, 0.15) is 0 Å². The molecule has 1 aromatic carbocycles. The van der Waals surface area contributed by atoms with Crippen LogP contribution in [0.4, 0.5) is 5.69 Å². The molecular weight excluding hydrogens is 278 g/mol. The molecule has 4 heteroatoms. The highest BCUT2D eigenvalue weighted by Gasteiger charge is 2.24. The van der Waals surface area contributed by atoms with Crippen LogP contribution in [0.1, 0.15) is 19.5 Å². The van der Waals surface area contributed by atoms with Gasteiger partial charge in [-0.25, -0.2) is 0 Å². The van der Waals surface area contributed by atoms with Gasteiger partial charge < -0.3 is 10.2 Å². The molecule has 1 aromatic heterocycles. The quantitative estimate of drug-likeness (QED) is 0.941. The first kappa shape index (κ1) is 14.7. The van der Waals surface area contributed by atoms with Crippen LogP contribution < -0.4 is 10.2 Å². The predicted molar refractivity (Wildman–Crippen MR) is 93.2 cm³/mol. The fraction of sp³-hybridized carbons (Fsp3) is 0.471. The van der Waals surface area contributed by atoms with Crippen LogP contribution in [0, 0.1) is 0 Å². The molecule has 2 aromatic rings. The highest BCUT2D eigenvalue weighted by molar-refractivity contribution is 8.00. The molecule has 0 aliphatic carbocycles. The predicted octanol–water partition coefficient (Wildman–Crippen LogP) is 3.28. The third-order valence-corrected chi connectivity index (χ3v) is 5.09. The fourth-order valence-electron chi connectivity index (χ4n) is 3.12. The Morgan fingerprint density at radius 1 is 1.24 bits per heavy atom. The molecule has 1 fully saturated rings. The van der Waals surface area contributed by atoms with Gasteiger partial charge in [0.2, 0.25) is 0 Å². The number of benzene rings is 1. The summed E-state index contributed by atoms with van der Waals surface area (Å²) in [6.45, 7) is 7.69. The lowest BCUT2D eigenvalue weighted by Crippen LogP contribution is -2.40. The SMILES string of the molecule is CNCc1cc(N2CC(C)SC(C)C2)c2ccccc2n1. The van der Waals surface area contributed by atoms with Crippen molar-refractivity contribution in [1.82, 2.24) is 10.3 Å². The number of anilines is 1. The second kappa shape index (κ2) is 6.24. The molecule has 0 bridgehead atoms. The number of nitrogens with one attached hydrogen (secondary N) is 1. The number of thioether (sulfide) groups is 1. The zero-order valence-corrected chi connectivity index (χ0v) is 13.8. The first-order valence-corrected chi connectivity index (χ1v) is 8.55. The highest BCUT2D eigenvalue weighted by Crippen LogP contribution is 2.33. The Bertz CT molecular complexity index is 618. The molecule has 3 nitrogen and oxygen atoms in total. The maximum Gasteiger partial charge on any atom is 0.0726 e. The van der Waals surface area contributed by atoms with Crippen molar-refractivity contribution >= 4 is 28.4 Å². The first-order chi connectivity index (χ1) is 10.2. The molecule has 1 saturated heterocycles. The van der Waals surface area contributed by atoms with Gasteiger partial charge in [0.05, 0.1) is 11.2 Å². The molecule has 2 unspecified atom stereocenters. The van der Waals surface area contributed by atoms with Gasteiger partial charge >= 0.3 is 0 Å². The van der Waals surface area contributed by atoms with E-state index in [-0.39, 0.29) is 0 Å². The summed E-state index contributed by atoms with van der Waals surface area (Å²) in [5, 5.41) is 5.83. The number of aromatic nitrogens is 1. The van der Waals surface area contributed by atoms with Crippen LogP contribution >= 0.6 is 11.8 Å². The molecule has 0 saturated carbocycles. The van der Waals surface area contributed by atoms with Crippen molar-refractivity contribution in [3.63, 3.8) is 0 Å². The summed E-state index contributed by atoms with van der Waals surface area (Å²) >= 11 is 2.09. The number of hydrogen-bond acceptors (Lipinski definition) is 4. The van der Waals surface area contributed by atoms with Gasteiger partial charge in [-0.2, -0.15) is 11.8 Å². The Morgan fingerprint density at radius 3 is 2.67 bits per heavy atom. The number of fused-ring (bicyclic) bond motifs is 1. The molecule has 0 spiro atoms. The lowest BCUT2D eigenvalue weighted by molar-refractivity contribution is 0.727. The van der Waals surface area contributed by atoms with Crippen LogP contribution in [0.2, 0.25) is 0 Å². The summed E-state index contributed by atoms with van der Waals surface area (Å²) in [4.78, 5) is 7.30. The van der Waals surface area contributed by atoms with Crippen LogP contribution in [0.3, 0.4) is 0 Å². The van der Waals surface area contributed by atoms with E-state index in [9.17, 15) is 0 Å². The summed E-state index contributed by atoms with van der Waals surface area (Å²) in [5.74, 6) is 0. The van der Waals surface area contributed by atoms with E-state index in [0.29, 0.717) is 10.5 Å². The Labute approximate surface area is 131 Å². The summed E-state index contributed by atoms with van der Waals surface area (Å²) < 4.78 is 0. The van der Waals surface area contributed by atoms with Crippen molar-refractivity contribution in [3.05, 3.63) is 36.0 Å². The summed E-state index contributed by atoms with van der Waals surface area (Å²) in [6, 6.07) is 10.7. The largest absolute Gasteiger partial charge is 0.369 e. The molecule has 112 valence electrons. The topological polar surface area (TPSA) is 28.2 Å².